The maximum absolute atomic E-state index is 11.2. The summed E-state index contributed by atoms with van der Waals surface area (Å²) in [5.74, 6) is 0. The number of nitrogens with one attached hydrogen (secondary N) is 1. The molecule has 0 aromatic carbocycles. The van der Waals surface area contributed by atoms with Crippen molar-refractivity contribution in [2.75, 3.05) is 0 Å². The molecular formula is HFINPS+. The van der Waals surface area contributed by atoms with Crippen molar-refractivity contribution >= 4 is 36.0 Å². The van der Waals surface area contributed by atoms with Gasteiger partial charge in [0.05, 0.1) is 0 Å². The van der Waals surface area contributed by atoms with Gasteiger partial charge in [-0.3, -0.25) is 0 Å². The van der Waals surface area contributed by atoms with Gasteiger partial charge in [-0.05, 0) is 0 Å². The van der Waals surface area contributed by atoms with Crippen LogP contribution in [0, 0.1) is 5.16 Å². The van der Waals surface area contributed by atoms with Crippen molar-refractivity contribution in [1.82, 2.24) is 0 Å². The van der Waals surface area contributed by atoms with Crippen molar-refractivity contribution in [2.45, 2.75) is 0 Å². The van der Waals surface area contributed by atoms with E-state index < -0.39 is 7.63 Å². The summed E-state index contributed by atoms with van der Waals surface area (Å²) >= 11 is 1.57. The molecule has 0 amide bonds. The standard InChI is InChI=1S/FHINPS/c1-5(2)4-3/h3H/q+1. The van der Waals surface area contributed by atoms with Gasteiger partial charge in [0, 0.05) is 0 Å². The first-order valence-electron chi connectivity index (χ1n) is 0.715. The fourth-order valence-electron chi connectivity index (χ4n) is 0. The molecule has 0 spiro atoms. The van der Waals surface area contributed by atoms with Gasteiger partial charge in [0.15, 0.2) is 0 Å². The Balaban J connectivity index is 3.60. The third-order valence-electron chi connectivity index (χ3n) is 0.0690. The van der Waals surface area contributed by atoms with Crippen LogP contribution in [0.2, 0.25) is 0 Å². The van der Waals surface area contributed by atoms with Gasteiger partial charge in [0.25, 0.3) is 0 Å². The SMILES string of the molecule is N=[P+]=S(F)I. The summed E-state index contributed by atoms with van der Waals surface area (Å²) in [6.45, 7) is 0. The minimum atomic E-state index is -1.21. The molecular weight excluding hydrogens is 223 g/mol. The Morgan fingerprint density at radius 3 is 2.20 bits per heavy atom. The molecule has 5 heteroatoms. The summed E-state index contributed by atoms with van der Waals surface area (Å²) in [5, 5.41) is 6.26. The van der Waals surface area contributed by atoms with Gasteiger partial charge < -0.3 is 0 Å². The van der Waals surface area contributed by atoms with Crippen LogP contribution in [0.3, 0.4) is 0 Å². The van der Waals surface area contributed by atoms with E-state index in [0.29, 0.717) is 0 Å². The molecule has 0 fully saturated rings. The predicted octanol–water partition coefficient (Wildman–Crippen LogP) is 2.46. The first-order chi connectivity index (χ1) is 2.27. The molecule has 1 nitrogen and oxygen atoms in total. The second-order valence-electron chi connectivity index (χ2n) is 0.288. The molecule has 5 heavy (non-hydrogen) atoms. The van der Waals surface area contributed by atoms with E-state index in [1.165, 1.54) is 0 Å². The Morgan fingerprint density at radius 1 is 2.00 bits per heavy atom. The van der Waals surface area contributed by atoms with Gasteiger partial charge in [-0.1, -0.05) is 0 Å². The van der Waals surface area contributed by atoms with E-state index in [4.69, 9.17) is 5.16 Å². The van der Waals surface area contributed by atoms with Crippen LogP contribution in [0.1, 0.15) is 0 Å². The average Bonchev–Trinajstić information content (AvgIpc) is 1.38. The third-order valence-corrected chi connectivity index (χ3v) is 2.39. The molecule has 0 heterocycles. The van der Waals surface area contributed by atoms with Crippen LogP contribution in [0.15, 0.2) is 0 Å². The van der Waals surface area contributed by atoms with Gasteiger partial charge in [-0.25, -0.2) is 0 Å². The molecule has 1 unspecified atom stereocenters. The van der Waals surface area contributed by atoms with E-state index >= 15 is 0 Å². The Bertz CT molecular complexity index is 71.7. The van der Waals surface area contributed by atoms with Crippen LogP contribution in [-0.4, -0.2) is 0 Å². The molecule has 1 atom stereocenters. The summed E-state index contributed by atoms with van der Waals surface area (Å²) in [5.41, 5.74) is 0. The molecule has 0 aromatic heterocycles. The fourth-order valence-corrected chi connectivity index (χ4v) is 0. The molecule has 0 aliphatic carbocycles. The topological polar surface area (TPSA) is 23.9 Å². The Kier molecular flexibility index (Phi) is 4.28. The molecule has 0 saturated carbocycles. The van der Waals surface area contributed by atoms with E-state index in [0.717, 1.165) is 0 Å². The van der Waals surface area contributed by atoms with E-state index in [2.05, 4.69) is 0 Å². The van der Waals surface area contributed by atoms with Gasteiger partial charge in [-0.2, -0.15) is 0 Å². The van der Waals surface area contributed by atoms with Crippen LogP contribution in [-0.2, 0) is 7.63 Å². The molecule has 0 aliphatic heterocycles. The Hall–Kier alpha value is 1.24. The van der Waals surface area contributed by atoms with Gasteiger partial charge in [-0.15, -0.1) is 0 Å². The molecule has 0 bridgehead atoms. The zero-order valence-electron chi connectivity index (χ0n) is 2.11. The van der Waals surface area contributed by atoms with Crippen molar-refractivity contribution in [1.29, 1.82) is 5.16 Å². The van der Waals surface area contributed by atoms with Gasteiger partial charge >= 0.3 is 45.0 Å². The molecule has 0 aliphatic rings. The van der Waals surface area contributed by atoms with Crippen molar-refractivity contribution in [3.63, 3.8) is 0 Å². The summed E-state index contributed by atoms with van der Waals surface area (Å²) in [7, 11) is -1.12. The summed E-state index contributed by atoms with van der Waals surface area (Å²) in [4.78, 5) is 0. The first kappa shape index (κ1) is 6.24. The van der Waals surface area contributed by atoms with E-state index in [-0.39, 0.29) is 7.15 Å². The van der Waals surface area contributed by atoms with Crippen molar-refractivity contribution in [3.8, 4) is 0 Å². The number of hydrogen-bond acceptors (Lipinski definition) is 1. The summed E-state index contributed by atoms with van der Waals surface area (Å²) < 4.78 is 11.2. The zero-order chi connectivity index (χ0) is 4.28. The van der Waals surface area contributed by atoms with Crippen molar-refractivity contribution in [3.05, 3.63) is 0 Å². The fraction of sp³-hybridized carbons (Fsp3) is 0. The number of hydrogen-bond donors (Lipinski definition) is 1. The number of rotatable bonds is 0. The second kappa shape index (κ2) is 3.43. The zero-order valence-corrected chi connectivity index (χ0v) is 5.98. The summed E-state index contributed by atoms with van der Waals surface area (Å²) in [6.07, 6.45) is 0. The average molecular weight is 224 g/mol. The minimum absolute atomic E-state index is 0.0947. The number of halogens is 2. The monoisotopic (exact) mass is 224 g/mol. The summed E-state index contributed by atoms with van der Waals surface area (Å²) in [6, 6.07) is 0. The molecule has 0 saturated heterocycles. The van der Waals surface area contributed by atoms with Gasteiger partial charge in [0.1, 0.15) is 0 Å². The van der Waals surface area contributed by atoms with Crippen LogP contribution >= 0.6 is 28.4 Å². The quantitative estimate of drug-likeness (QED) is 0.482. The van der Waals surface area contributed by atoms with Crippen molar-refractivity contribution < 1.29 is 3.89 Å². The normalized spacial score (nSPS) is 14.0. The van der Waals surface area contributed by atoms with E-state index in [9.17, 15) is 3.89 Å². The van der Waals surface area contributed by atoms with E-state index in [1.807, 2.05) is 0 Å². The maximum atomic E-state index is 11.2. The van der Waals surface area contributed by atoms with E-state index in [1.54, 1.807) is 21.2 Å². The second-order valence-corrected chi connectivity index (χ2v) is 6.78. The predicted molar refractivity (Wildman–Crippen MR) is 32.1 cm³/mol. The van der Waals surface area contributed by atoms with Crippen LogP contribution in [0.5, 0.6) is 0 Å². The molecule has 1 N–H and O–H groups in total. The van der Waals surface area contributed by atoms with Crippen LogP contribution < -0.4 is 0 Å². The third kappa shape index (κ3) is 5.24. The molecule has 0 rings (SSSR count). The Labute approximate surface area is 45.1 Å². The van der Waals surface area contributed by atoms with Crippen LogP contribution in [0.25, 0.3) is 0 Å². The Morgan fingerprint density at radius 2 is 2.20 bits per heavy atom. The first-order valence-corrected chi connectivity index (χ1v) is 5.88. The molecule has 30 valence electrons. The van der Waals surface area contributed by atoms with Crippen LogP contribution in [0.4, 0.5) is 3.89 Å². The van der Waals surface area contributed by atoms with Crippen molar-refractivity contribution in [2.24, 2.45) is 0 Å². The molecule has 0 aromatic rings. The van der Waals surface area contributed by atoms with Gasteiger partial charge in [0.2, 0.25) is 0 Å². The molecule has 0 radical (unpaired) electrons.